The molecular formula is C9H12N2O3. The van der Waals surface area contributed by atoms with Crippen molar-refractivity contribution < 1.29 is 14.4 Å². The maximum Gasteiger partial charge on any atom is 0.303 e. The van der Waals surface area contributed by atoms with E-state index in [1.807, 2.05) is 0 Å². The van der Waals surface area contributed by atoms with Crippen molar-refractivity contribution in [3.05, 3.63) is 11.7 Å². The van der Waals surface area contributed by atoms with Gasteiger partial charge in [-0.1, -0.05) is 12.1 Å². The third-order valence-electron chi connectivity index (χ3n) is 2.48. The summed E-state index contributed by atoms with van der Waals surface area (Å²) in [7, 11) is 0. The summed E-state index contributed by atoms with van der Waals surface area (Å²) >= 11 is 0. The number of carboxylic acids is 1. The highest BCUT2D eigenvalue weighted by atomic mass is 16.5. The number of hydrogen-bond donors (Lipinski definition) is 1. The van der Waals surface area contributed by atoms with Gasteiger partial charge in [0.25, 0.3) is 0 Å². The van der Waals surface area contributed by atoms with E-state index in [-0.39, 0.29) is 6.42 Å². The van der Waals surface area contributed by atoms with Crippen LogP contribution >= 0.6 is 0 Å². The van der Waals surface area contributed by atoms with Crippen LogP contribution in [-0.4, -0.2) is 21.2 Å². The summed E-state index contributed by atoms with van der Waals surface area (Å²) in [5.74, 6) is 1.39. The highest BCUT2D eigenvalue weighted by Crippen LogP contribution is 2.45. The van der Waals surface area contributed by atoms with Crippen LogP contribution in [0.25, 0.3) is 0 Å². The van der Waals surface area contributed by atoms with Crippen molar-refractivity contribution >= 4 is 5.97 Å². The van der Waals surface area contributed by atoms with Crippen molar-refractivity contribution in [1.82, 2.24) is 10.1 Å². The first-order valence-electron chi connectivity index (χ1n) is 4.71. The number of rotatable bonds is 4. The Kier molecular flexibility index (Phi) is 2.23. The van der Waals surface area contributed by atoms with E-state index in [2.05, 4.69) is 17.1 Å². The van der Waals surface area contributed by atoms with E-state index in [0.29, 0.717) is 24.1 Å². The molecule has 0 aromatic carbocycles. The van der Waals surface area contributed by atoms with E-state index in [4.69, 9.17) is 9.63 Å². The summed E-state index contributed by atoms with van der Waals surface area (Å²) in [6.07, 6.45) is 1.48. The van der Waals surface area contributed by atoms with Gasteiger partial charge in [-0.05, 0) is 12.3 Å². The van der Waals surface area contributed by atoms with Crippen LogP contribution < -0.4 is 0 Å². The van der Waals surface area contributed by atoms with Gasteiger partial charge in [-0.15, -0.1) is 0 Å². The first kappa shape index (κ1) is 9.18. The van der Waals surface area contributed by atoms with E-state index >= 15 is 0 Å². The van der Waals surface area contributed by atoms with Crippen molar-refractivity contribution in [2.75, 3.05) is 0 Å². The van der Waals surface area contributed by atoms with Crippen LogP contribution in [0.2, 0.25) is 0 Å². The lowest BCUT2D eigenvalue weighted by Crippen LogP contribution is -1.97. The van der Waals surface area contributed by atoms with Gasteiger partial charge in [0, 0.05) is 12.3 Å². The van der Waals surface area contributed by atoms with Gasteiger partial charge in [0.2, 0.25) is 5.89 Å². The summed E-state index contributed by atoms with van der Waals surface area (Å²) < 4.78 is 4.94. The number of aryl methyl sites for hydroxylation is 1. The molecule has 1 saturated carbocycles. The Morgan fingerprint density at radius 3 is 3.00 bits per heavy atom. The maximum absolute atomic E-state index is 10.3. The molecule has 0 amide bonds. The van der Waals surface area contributed by atoms with Gasteiger partial charge in [-0.2, -0.15) is 4.98 Å². The van der Waals surface area contributed by atoms with Gasteiger partial charge in [-0.25, -0.2) is 0 Å². The SMILES string of the molecule is CC1CC1c1noc(CCC(=O)O)n1. The molecule has 0 aliphatic heterocycles. The molecule has 1 aromatic rings. The molecule has 76 valence electrons. The van der Waals surface area contributed by atoms with Crippen molar-refractivity contribution in [2.45, 2.75) is 32.1 Å². The van der Waals surface area contributed by atoms with Crippen LogP contribution in [-0.2, 0) is 11.2 Å². The van der Waals surface area contributed by atoms with Gasteiger partial charge < -0.3 is 9.63 Å². The number of aromatic nitrogens is 2. The average molecular weight is 196 g/mol. The molecule has 0 bridgehead atoms. The fourth-order valence-corrected chi connectivity index (χ4v) is 1.42. The third-order valence-corrected chi connectivity index (χ3v) is 2.48. The van der Waals surface area contributed by atoms with Crippen molar-refractivity contribution in [2.24, 2.45) is 5.92 Å². The number of carbonyl (C=O) groups is 1. The van der Waals surface area contributed by atoms with E-state index in [1.165, 1.54) is 0 Å². The molecule has 2 atom stereocenters. The Labute approximate surface area is 81.1 Å². The summed E-state index contributed by atoms with van der Waals surface area (Å²) in [5.41, 5.74) is 0. The Bertz CT molecular complexity index is 348. The molecule has 2 unspecified atom stereocenters. The highest BCUT2D eigenvalue weighted by Gasteiger charge is 2.37. The van der Waals surface area contributed by atoms with Crippen molar-refractivity contribution in [1.29, 1.82) is 0 Å². The smallest absolute Gasteiger partial charge is 0.303 e. The van der Waals surface area contributed by atoms with Crippen LogP contribution in [0.1, 0.15) is 37.4 Å². The summed E-state index contributed by atoms with van der Waals surface area (Å²) in [5, 5.41) is 12.3. The number of aliphatic carboxylic acids is 1. The van der Waals surface area contributed by atoms with Crippen LogP contribution in [0, 0.1) is 5.92 Å². The van der Waals surface area contributed by atoms with Gasteiger partial charge in [0.15, 0.2) is 5.82 Å². The molecular weight excluding hydrogens is 184 g/mol. The number of carboxylic acid groups (broad SMARTS) is 1. The first-order chi connectivity index (χ1) is 6.66. The molecule has 1 fully saturated rings. The van der Waals surface area contributed by atoms with Crippen LogP contribution in [0.3, 0.4) is 0 Å². The molecule has 0 spiro atoms. The number of nitrogens with zero attached hydrogens (tertiary/aromatic N) is 2. The normalized spacial score (nSPS) is 24.9. The molecule has 1 aliphatic rings. The standard InChI is InChI=1S/C9H12N2O3/c1-5-4-6(5)9-10-7(14-11-9)2-3-8(12)13/h5-6H,2-4H2,1H3,(H,12,13). The Morgan fingerprint density at radius 1 is 1.71 bits per heavy atom. The molecule has 1 aliphatic carbocycles. The molecule has 1 aromatic heterocycles. The quantitative estimate of drug-likeness (QED) is 0.783. The van der Waals surface area contributed by atoms with Gasteiger partial charge in [-0.3, -0.25) is 4.79 Å². The number of hydrogen-bond acceptors (Lipinski definition) is 4. The molecule has 1 N–H and O–H groups in total. The minimum Gasteiger partial charge on any atom is -0.481 e. The average Bonchev–Trinajstić information content (AvgIpc) is 2.68. The minimum absolute atomic E-state index is 0.0435. The van der Waals surface area contributed by atoms with Gasteiger partial charge in [0.1, 0.15) is 0 Å². The Balaban J connectivity index is 1.93. The monoisotopic (exact) mass is 196 g/mol. The predicted octanol–water partition coefficient (Wildman–Crippen LogP) is 1.21. The lowest BCUT2D eigenvalue weighted by atomic mass is 10.3. The van der Waals surface area contributed by atoms with Crippen molar-refractivity contribution in [3.63, 3.8) is 0 Å². The van der Waals surface area contributed by atoms with E-state index in [9.17, 15) is 4.79 Å². The largest absolute Gasteiger partial charge is 0.481 e. The van der Waals surface area contributed by atoms with Gasteiger partial charge in [0.05, 0.1) is 6.42 Å². The summed E-state index contributed by atoms with van der Waals surface area (Å²) in [6, 6.07) is 0. The molecule has 5 heteroatoms. The molecule has 14 heavy (non-hydrogen) atoms. The molecule has 0 saturated heterocycles. The van der Waals surface area contributed by atoms with E-state index in [0.717, 1.165) is 12.2 Å². The van der Waals surface area contributed by atoms with Crippen LogP contribution in [0.4, 0.5) is 0 Å². The van der Waals surface area contributed by atoms with Gasteiger partial charge >= 0.3 is 5.97 Å². The van der Waals surface area contributed by atoms with E-state index in [1.54, 1.807) is 0 Å². The fraction of sp³-hybridized carbons (Fsp3) is 0.667. The van der Waals surface area contributed by atoms with E-state index < -0.39 is 5.97 Å². The zero-order chi connectivity index (χ0) is 10.1. The third kappa shape index (κ3) is 1.92. The summed E-state index contributed by atoms with van der Waals surface area (Å²) in [4.78, 5) is 14.4. The second kappa shape index (κ2) is 3.40. The predicted molar refractivity (Wildman–Crippen MR) is 46.8 cm³/mol. The molecule has 2 rings (SSSR count). The highest BCUT2D eigenvalue weighted by molar-refractivity contribution is 5.66. The maximum atomic E-state index is 10.3. The fourth-order valence-electron chi connectivity index (χ4n) is 1.42. The van der Waals surface area contributed by atoms with Crippen LogP contribution in [0.5, 0.6) is 0 Å². The zero-order valence-electron chi connectivity index (χ0n) is 7.93. The molecule has 0 radical (unpaired) electrons. The van der Waals surface area contributed by atoms with Crippen LogP contribution in [0.15, 0.2) is 4.52 Å². The second-order valence-electron chi connectivity index (χ2n) is 3.76. The Hall–Kier alpha value is -1.39. The molecule has 1 heterocycles. The zero-order valence-corrected chi connectivity index (χ0v) is 7.93. The Morgan fingerprint density at radius 2 is 2.43 bits per heavy atom. The molecule has 5 nitrogen and oxygen atoms in total. The lowest BCUT2D eigenvalue weighted by Gasteiger charge is -1.87. The summed E-state index contributed by atoms with van der Waals surface area (Å²) in [6.45, 7) is 2.14. The van der Waals surface area contributed by atoms with Crippen molar-refractivity contribution in [3.8, 4) is 0 Å². The lowest BCUT2D eigenvalue weighted by molar-refractivity contribution is -0.137. The first-order valence-corrected chi connectivity index (χ1v) is 4.71. The second-order valence-corrected chi connectivity index (χ2v) is 3.76. The minimum atomic E-state index is -0.843. The topological polar surface area (TPSA) is 76.2 Å².